The first-order valence-corrected chi connectivity index (χ1v) is 6.47. The van der Waals surface area contributed by atoms with Gasteiger partial charge in [0.05, 0.1) is 0 Å². The third kappa shape index (κ3) is 2.87. The third-order valence-electron chi connectivity index (χ3n) is 3.37. The largest absolute Gasteiger partial charge is 0.477 e. The van der Waals surface area contributed by atoms with Crippen molar-refractivity contribution in [2.45, 2.75) is 33.2 Å². The zero-order valence-electron chi connectivity index (χ0n) is 11.6. The van der Waals surface area contributed by atoms with E-state index in [1.807, 2.05) is 19.2 Å². The van der Waals surface area contributed by atoms with E-state index < -0.39 is 5.97 Å². The Morgan fingerprint density at radius 1 is 1.21 bits per heavy atom. The van der Waals surface area contributed by atoms with E-state index in [0.717, 1.165) is 11.1 Å². The van der Waals surface area contributed by atoms with Crippen LogP contribution >= 0.6 is 0 Å². The van der Waals surface area contributed by atoms with Crippen LogP contribution < -0.4 is 0 Å². The number of hydrogen-bond donors (Lipinski definition) is 1. The van der Waals surface area contributed by atoms with Crippen LogP contribution in [0.3, 0.4) is 0 Å². The molecule has 0 aliphatic heterocycles. The molecule has 1 aromatic heterocycles. The second-order valence-corrected chi connectivity index (χ2v) is 5.18. The maximum Gasteiger partial charge on any atom is 0.352 e. The van der Waals surface area contributed by atoms with Gasteiger partial charge in [-0.3, -0.25) is 0 Å². The smallest absolute Gasteiger partial charge is 0.352 e. The fraction of sp³-hybridized carbons (Fsp3) is 0.312. The highest BCUT2D eigenvalue weighted by molar-refractivity contribution is 5.87. The van der Waals surface area contributed by atoms with Crippen molar-refractivity contribution in [1.29, 1.82) is 0 Å². The van der Waals surface area contributed by atoms with E-state index in [-0.39, 0.29) is 0 Å². The number of aromatic nitrogens is 1. The fourth-order valence-electron chi connectivity index (χ4n) is 2.21. The van der Waals surface area contributed by atoms with Crippen LogP contribution in [0.5, 0.6) is 0 Å². The van der Waals surface area contributed by atoms with Crippen molar-refractivity contribution in [2.24, 2.45) is 0 Å². The van der Waals surface area contributed by atoms with Crippen molar-refractivity contribution in [1.82, 2.24) is 4.57 Å². The van der Waals surface area contributed by atoms with Gasteiger partial charge in [0.25, 0.3) is 0 Å². The number of hydrogen-bond acceptors (Lipinski definition) is 1. The number of aromatic carboxylic acids is 1. The van der Waals surface area contributed by atoms with Gasteiger partial charge in [-0.2, -0.15) is 0 Å². The minimum Gasteiger partial charge on any atom is -0.477 e. The lowest BCUT2D eigenvalue weighted by atomic mass is 10.0. The van der Waals surface area contributed by atoms with Gasteiger partial charge in [-0.05, 0) is 35.6 Å². The number of carboxylic acids is 1. The lowest BCUT2D eigenvalue weighted by Gasteiger charge is -2.09. The van der Waals surface area contributed by atoms with Gasteiger partial charge in [0.2, 0.25) is 0 Å². The third-order valence-corrected chi connectivity index (χ3v) is 3.37. The summed E-state index contributed by atoms with van der Waals surface area (Å²) in [5, 5.41) is 9.21. The standard InChI is InChI=1S/C16H19NO2/c1-11(2)14-6-4-13(5-7-14)10-17-9-8-12(3)15(17)16(18)19/h4-9,11H,10H2,1-3H3,(H,18,19). The summed E-state index contributed by atoms with van der Waals surface area (Å²) < 4.78 is 1.78. The van der Waals surface area contributed by atoms with Crippen LogP contribution in [-0.4, -0.2) is 15.6 Å². The molecule has 0 saturated heterocycles. The molecule has 0 atom stereocenters. The Kier molecular flexibility index (Phi) is 3.74. The van der Waals surface area contributed by atoms with Crippen LogP contribution in [0.1, 0.15) is 46.9 Å². The quantitative estimate of drug-likeness (QED) is 0.908. The summed E-state index contributed by atoms with van der Waals surface area (Å²) in [6.07, 6.45) is 1.83. The number of carboxylic acid groups (broad SMARTS) is 1. The number of nitrogens with zero attached hydrogens (tertiary/aromatic N) is 1. The van der Waals surface area contributed by atoms with E-state index in [9.17, 15) is 9.90 Å². The second kappa shape index (κ2) is 5.31. The van der Waals surface area contributed by atoms with Crippen molar-refractivity contribution < 1.29 is 9.90 Å². The minimum atomic E-state index is -0.874. The van der Waals surface area contributed by atoms with Gasteiger partial charge in [0.1, 0.15) is 5.69 Å². The summed E-state index contributed by atoms with van der Waals surface area (Å²) in [4.78, 5) is 11.2. The molecule has 0 aliphatic rings. The molecule has 100 valence electrons. The van der Waals surface area contributed by atoms with Gasteiger partial charge >= 0.3 is 5.97 Å². The summed E-state index contributed by atoms with van der Waals surface area (Å²) >= 11 is 0. The maximum atomic E-state index is 11.2. The SMILES string of the molecule is Cc1ccn(Cc2ccc(C(C)C)cc2)c1C(=O)O. The molecule has 2 rings (SSSR count). The van der Waals surface area contributed by atoms with Crippen LogP contribution in [-0.2, 0) is 6.54 Å². The Bertz CT molecular complexity index is 579. The van der Waals surface area contributed by atoms with E-state index in [1.54, 1.807) is 4.57 Å². The average molecular weight is 257 g/mol. The molecule has 0 amide bonds. The monoisotopic (exact) mass is 257 g/mol. The topological polar surface area (TPSA) is 42.2 Å². The highest BCUT2D eigenvalue weighted by Gasteiger charge is 2.13. The predicted molar refractivity (Wildman–Crippen MR) is 75.8 cm³/mol. The Balaban J connectivity index is 2.24. The maximum absolute atomic E-state index is 11.2. The first-order valence-electron chi connectivity index (χ1n) is 6.47. The Labute approximate surface area is 113 Å². The molecule has 1 aromatic carbocycles. The van der Waals surface area contributed by atoms with E-state index >= 15 is 0 Å². The number of aryl methyl sites for hydroxylation is 1. The molecule has 19 heavy (non-hydrogen) atoms. The number of benzene rings is 1. The first-order chi connectivity index (χ1) is 8.99. The van der Waals surface area contributed by atoms with Crippen molar-refractivity contribution in [2.75, 3.05) is 0 Å². The van der Waals surface area contributed by atoms with E-state index in [0.29, 0.717) is 18.2 Å². The van der Waals surface area contributed by atoms with Crippen molar-refractivity contribution >= 4 is 5.97 Å². The Morgan fingerprint density at radius 3 is 2.37 bits per heavy atom. The number of carbonyl (C=O) groups is 1. The van der Waals surface area contributed by atoms with Gasteiger partial charge < -0.3 is 9.67 Å². The molecule has 0 fully saturated rings. The van der Waals surface area contributed by atoms with Crippen LogP contribution in [0.2, 0.25) is 0 Å². The molecule has 0 unspecified atom stereocenters. The molecule has 3 nitrogen and oxygen atoms in total. The van der Waals surface area contributed by atoms with Gasteiger partial charge in [0, 0.05) is 12.7 Å². The summed E-state index contributed by atoms with van der Waals surface area (Å²) in [6.45, 7) is 6.73. The van der Waals surface area contributed by atoms with Gasteiger partial charge in [-0.25, -0.2) is 4.79 Å². The molecular weight excluding hydrogens is 238 g/mol. The van der Waals surface area contributed by atoms with E-state index in [1.165, 1.54) is 5.56 Å². The van der Waals surface area contributed by atoms with Gasteiger partial charge in [-0.15, -0.1) is 0 Å². The molecule has 0 spiro atoms. The second-order valence-electron chi connectivity index (χ2n) is 5.18. The average Bonchev–Trinajstić information content (AvgIpc) is 2.71. The van der Waals surface area contributed by atoms with Crippen molar-refractivity contribution in [3.05, 3.63) is 58.9 Å². The Hall–Kier alpha value is -2.03. The lowest BCUT2D eigenvalue weighted by Crippen LogP contribution is -2.10. The highest BCUT2D eigenvalue weighted by Crippen LogP contribution is 2.17. The first kappa shape index (κ1) is 13.4. The van der Waals surface area contributed by atoms with Crippen LogP contribution in [0.15, 0.2) is 36.5 Å². The molecular formula is C16H19NO2. The Morgan fingerprint density at radius 2 is 1.84 bits per heavy atom. The van der Waals surface area contributed by atoms with Crippen molar-refractivity contribution in [3.63, 3.8) is 0 Å². The van der Waals surface area contributed by atoms with Crippen LogP contribution in [0.4, 0.5) is 0 Å². The summed E-state index contributed by atoms with van der Waals surface area (Å²) in [7, 11) is 0. The van der Waals surface area contributed by atoms with Gasteiger partial charge in [0.15, 0.2) is 0 Å². The molecule has 0 aliphatic carbocycles. The normalized spacial score (nSPS) is 10.9. The zero-order valence-corrected chi connectivity index (χ0v) is 11.6. The zero-order chi connectivity index (χ0) is 14.0. The van der Waals surface area contributed by atoms with Crippen molar-refractivity contribution in [3.8, 4) is 0 Å². The molecule has 1 N–H and O–H groups in total. The van der Waals surface area contributed by atoms with E-state index in [2.05, 4.69) is 38.1 Å². The lowest BCUT2D eigenvalue weighted by molar-refractivity contribution is 0.0685. The highest BCUT2D eigenvalue weighted by atomic mass is 16.4. The summed E-state index contributed by atoms with van der Waals surface area (Å²) in [6, 6.07) is 10.2. The predicted octanol–water partition coefficient (Wildman–Crippen LogP) is 3.67. The number of rotatable bonds is 4. The summed E-state index contributed by atoms with van der Waals surface area (Å²) in [5.74, 6) is -0.362. The molecule has 0 radical (unpaired) electrons. The van der Waals surface area contributed by atoms with Crippen LogP contribution in [0.25, 0.3) is 0 Å². The van der Waals surface area contributed by atoms with E-state index in [4.69, 9.17) is 0 Å². The van der Waals surface area contributed by atoms with Crippen LogP contribution in [0, 0.1) is 6.92 Å². The fourth-order valence-corrected chi connectivity index (χ4v) is 2.21. The molecule has 3 heteroatoms. The summed E-state index contributed by atoms with van der Waals surface area (Å²) in [5.41, 5.74) is 3.58. The molecule has 0 bridgehead atoms. The molecule has 2 aromatic rings. The molecule has 1 heterocycles. The molecule has 0 saturated carbocycles. The van der Waals surface area contributed by atoms with Gasteiger partial charge in [-0.1, -0.05) is 38.1 Å². The minimum absolute atomic E-state index is 0.368.